The van der Waals surface area contributed by atoms with Crippen LogP contribution in [-0.2, 0) is 6.54 Å². The van der Waals surface area contributed by atoms with Crippen LogP contribution in [0.4, 0.5) is 0 Å². The second kappa shape index (κ2) is 3.92. The fourth-order valence-electron chi connectivity index (χ4n) is 2.61. The van der Waals surface area contributed by atoms with E-state index in [0.717, 1.165) is 5.75 Å². The molecule has 2 aliphatic heterocycles. The minimum Gasteiger partial charge on any atom is -0.477 e. The first-order valence-electron chi connectivity index (χ1n) is 6.03. The van der Waals surface area contributed by atoms with Gasteiger partial charge in [0.25, 0.3) is 0 Å². The molecule has 7 heteroatoms. The van der Waals surface area contributed by atoms with Gasteiger partial charge in [-0.3, -0.25) is 4.79 Å². The van der Waals surface area contributed by atoms with E-state index in [4.69, 9.17) is 9.47 Å². The molecule has 0 bridgehead atoms. The van der Waals surface area contributed by atoms with Crippen molar-refractivity contribution in [3.63, 3.8) is 0 Å². The standard InChI is InChI=1S/C13H9NO5S/c15-11-6-3-8-9(19-5-18-8)4-7(6)14-1-2-20-12(14)10(11)13(16)17/h3-4H,1-2,5H2,(H,16,17). The molecule has 0 radical (unpaired) electrons. The fraction of sp³-hybridized carbons (Fsp3) is 0.231. The minimum absolute atomic E-state index is 0.118. The van der Waals surface area contributed by atoms with Crippen molar-refractivity contribution in [3.8, 4) is 11.5 Å². The predicted octanol–water partition coefficient (Wildman–Crippen LogP) is 1.53. The third-order valence-electron chi connectivity index (χ3n) is 3.48. The van der Waals surface area contributed by atoms with E-state index in [-0.39, 0.29) is 12.4 Å². The molecule has 0 saturated carbocycles. The molecule has 4 rings (SSSR count). The monoisotopic (exact) mass is 291 g/mol. The first kappa shape index (κ1) is 11.7. The SMILES string of the molecule is O=C(O)c1c2n(c3cc4c(cc3c1=O)OCO4)CCS2. The van der Waals surface area contributed by atoms with Gasteiger partial charge in [-0.1, -0.05) is 0 Å². The summed E-state index contributed by atoms with van der Waals surface area (Å²) in [7, 11) is 0. The van der Waals surface area contributed by atoms with E-state index < -0.39 is 11.4 Å². The van der Waals surface area contributed by atoms with Gasteiger partial charge in [0.15, 0.2) is 11.5 Å². The normalized spacial score (nSPS) is 15.6. The topological polar surface area (TPSA) is 77.8 Å². The largest absolute Gasteiger partial charge is 0.477 e. The van der Waals surface area contributed by atoms with Crippen molar-refractivity contribution in [3.05, 3.63) is 27.9 Å². The van der Waals surface area contributed by atoms with Crippen LogP contribution in [0.1, 0.15) is 10.4 Å². The van der Waals surface area contributed by atoms with E-state index in [1.165, 1.54) is 11.8 Å². The summed E-state index contributed by atoms with van der Waals surface area (Å²) in [5, 5.41) is 10.2. The number of carboxylic acids is 1. The molecule has 1 N–H and O–H groups in total. The van der Waals surface area contributed by atoms with E-state index in [0.29, 0.717) is 34.0 Å². The Bertz CT molecular complexity index is 826. The number of nitrogens with zero attached hydrogens (tertiary/aromatic N) is 1. The molecule has 0 amide bonds. The Kier molecular flexibility index (Phi) is 2.29. The number of hydrogen-bond acceptors (Lipinski definition) is 5. The number of carbonyl (C=O) groups is 1. The summed E-state index contributed by atoms with van der Waals surface area (Å²) >= 11 is 1.40. The van der Waals surface area contributed by atoms with Crippen LogP contribution < -0.4 is 14.9 Å². The van der Waals surface area contributed by atoms with Crippen LogP contribution in [0, 0.1) is 0 Å². The zero-order valence-electron chi connectivity index (χ0n) is 10.2. The van der Waals surface area contributed by atoms with Gasteiger partial charge in [0, 0.05) is 18.4 Å². The summed E-state index contributed by atoms with van der Waals surface area (Å²) in [4.78, 5) is 23.8. The molecule has 6 nitrogen and oxygen atoms in total. The van der Waals surface area contributed by atoms with Crippen LogP contribution >= 0.6 is 11.8 Å². The average molecular weight is 291 g/mol. The molecule has 0 fully saturated rings. The third kappa shape index (κ3) is 1.41. The number of carboxylic acid groups (broad SMARTS) is 1. The van der Waals surface area contributed by atoms with E-state index in [1.807, 2.05) is 4.57 Å². The summed E-state index contributed by atoms with van der Waals surface area (Å²) in [6, 6.07) is 3.32. The lowest BCUT2D eigenvalue weighted by Crippen LogP contribution is -2.20. The third-order valence-corrected chi connectivity index (χ3v) is 4.56. The number of aryl methyl sites for hydroxylation is 1. The highest BCUT2D eigenvalue weighted by molar-refractivity contribution is 7.99. The van der Waals surface area contributed by atoms with Crippen molar-refractivity contribution >= 4 is 28.6 Å². The lowest BCUT2D eigenvalue weighted by atomic mass is 10.1. The van der Waals surface area contributed by atoms with Gasteiger partial charge in [0.2, 0.25) is 12.2 Å². The highest BCUT2D eigenvalue weighted by Crippen LogP contribution is 2.38. The van der Waals surface area contributed by atoms with Gasteiger partial charge in [-0.2, -0.15) is 0 Å². The number of thioether (sulfide) groups is 1. The van der Waals surface area contributed by atoms with Crippen molar-refractivity contribution in [2.75, 3.05) is 12.5 Å². The highest BCUT2D eigenvalue weighted by Gasteiger charge is 2.27. The van der Waals surface area contributed by atoms with Gasteiger partial charge in [-0.25, -0.2) is 4.79 Å². The lowest BCUT2D eigenvalue weighted by molar-refractivity contribution is 0.0690. The fourth-order valence-corrected chi connectivity index (χ4v) is 3.74. The molecule has 0 unspecified atom stereocenters. The maximum absolute atomic E-state index is 12.4. The summed E-state index contributed by atoms with van der Waals surface area (Å²) < 4.78 is 12.4. The van der Waals surface area contributed by atoms with E-state index in [9.17, 15) is 14.7 Å². The number of pyridine rings is 1. The van der Waals surface area contributed by atoms with Gasteiger partial charge in [0.05, 0.1) is 15.9 Å². The Balaban J connectivity index is 2.18. The maximum atomic E-state index is 12.4. The van der Waals surface area contributed by atoms with Crippen LogP contribution in [-0.4, -0.2) is 28.2 Å². The molecule has 0 saturated heterocycles. The molecule has 0 aliphatic carbocycles. The number of rotatable bonds is 1. The predicted molar refractivity (Wildman–Crippen MR) is 72.0 cm³/mol. The van der Waals surface area contributed by atoms with Gasteiger partial charge >= 0.3 is 5.97 Å². The van der Waals surface area contributed by atoms with Crippen LogP contribution in [0.3, 0.4) is 0 Å². The molecule has 0 atom stereocenters. The van der Waals surface area contributed by atoms with Crippen molar-refractivity contribution < 1.29 is 19.4 Å². The molecular formula is C13H9NO5S. The Hall–Kier alpha value is -2.15. The Morgan fingerprint density at radius 2 is 2.05 bits per heavy atom. The van der Waals surface area contributed by atoms with Gasteiger partial charge < -0.3 is 19.1 Å². The van der Waals surface area contributed by atoms with Crippen LogP contribution in [0.2, 0.25) is 0 Å². The summed E-state index contributed by atoms with van der Waals surface area (Å²) in [6.07, 6.45) is 0. The number of aromatic carboxylic acids is 1. The number of hydrogen-bond donors (Lipinski definition) is 1. The minimum atomic E-state index is -1.19. The Labute approximate surface area is 116 Å². The zero-order chi connectivity index (χ0) is 13.9. The van der Waals surface area contributed by atoms with Crippen molar-refractivity contribution in [2.24, 2.45) is 0 Å². The van der Waals surface area contributed by atoms with Crippen LogP contribution in [0.5, 0.6) is 11.5 Å². The zero-order valence-corrected chi connectivity index (χ0v) is 11.0. The maximum Gasteiger partial charge on any atom is 0.342 e. The number of benzene rings is 1. The number of aromatic nitrogens is 1. The van der Waals surface area contributed by atoms with Gasteiger partial charge in [0.1, 0.15) is 5.56 Å². The molecule has 1 aromatic carbocycles. The van der Waals surface area contributed by atoms with Gasteiger partial charge in [-0.05, 0) is 6.07 Å². The van der Waals surface area contributed by atoms with Crippen LogP contribution in [0.15, 0.2) is 22.0 Å². The van der Waals surface area contributed by atoms with E-state index >= 15 is 0 Å². The lowest BCUT2D eigenvalue weighted by Gasteiger charge is -2.11. The van der Waals surface area contributed by atoms with E-state index in [1.54, 1.807) is 12.1 Å². The van der Waals surface area contributed by atoms with Crippen LogP contribution in [0.25, 0.3) is 10.9 Å². The molecule has 0 spiro atoms. The van der Waals surface area contributed by atoms with Crippen molar-refractivity contribution in [1.82, 2.24) is 4.57 Å². The average Bonchev–Trinajstić information content (AvgIpc) is 3.04. The molecule has 3 heterocycles. The van der Waals surface area contributed by atoms with Crippen molar-refractivity contribution in [1.29, 1.82) is 0 Å². The van der Waals surface area contributed by atoms with Gasteiger partial charge in [-0.15, -0.1) is 11.8 Å². The number of ether oxygens (including phenoxy) is 2. The first-order chi connectivity index (χ1) is 9.66. The second-order valence-electron chi connectivity index (χ2n) is 4.54. The second-order valence-corrected chi connectivity index (χ2v) is 5.62. The summed E-state index contributed by atoms with van der Waals surface area (Å²) in [6.45, 7) is 0.796. The molecule has 1 aromatic heterocycles. The summed E-state index contributed by atoms with van der Waals surface area (Å²) in [5.74, 6) is 0.643. The van der Waals surface area contributed by atoms with E-state index in [2.05, 4.69) is 0 Å². The highest BCUT2D eigenvalue weighted by atomic mass is 32.2. The molecule has 102 valence electrons. The molecular weight excluding hydrogens is 282 g/mol. The Morgan fingerprint density at radius 3 is 2.80 bits per heavy atom. The quantitative estimate of drug-likeness (QED) is 0.858. The molecule has 20 heavy (non-hydrogen) atoms. The Morgan fingerprint density at radius 1 is 1.30 bits per heavy atom. The summed E-state index contributed by atoms with van der Waals surface area (Å²) in [5.41, 5.74) is 0.0783. The smallest absolute Gasteiger partial charge is 0.342 e. The number of fused-ring (bicyclic) bond motifs is 4. The molecule has 2 aromatic rings. The first-order valence-corrected chi connectivity index (χ1v) is 7.01. The van der Waals surface area contributed by atoms with Crippen molar-refractivity contribution in [2.45, 2.75) is 11.6 Å². The molecule has 2 aliphatic rings.